The van der Waals surface area contributed by atoms with E-state index in [0.29, 0.717) is 12.5 Å². The number of methoxy groups -OCH3 is 1. The Morgan fingerprint density at radius 3 is 2.42 bits per heavy atom. The molecule has 0 bridgehead atoms. The minimum Gasteiger partial charge on any atom is -0.469 e. The number of hydrogen-bond donors (Lipinski definition) is 2. The fraction of sp³-hybridized carbons (Fsp3) is 0.579. The summed E-state index contributed by atoms with van der Waals surface area (Å²) in [6.45, 7) is 6.49. The van der Waals surface area contributed by atoms with Gasteiger partial charge >= 0.3 is 5.97 Å². The quantitative estimate of drug-likeness (QED) is 0.778. The largest absolute Gasteiger partial charge is 0.469 e. The van der Waals surface area contributed by atoms with E-state index in [1.807, 2.05) is 12.1 Å². The minimum absolute atomic E-state index is 0.00471. The van der Waals surface area contributed by atoms with Gasteiger partial charge in [0.1, 0.15) is 0 Å². The molecular weight excluding hydrogens is 304 g/mol. The van der Waals surface area contributed by atoms with Crippen LogP contribution in [0.5, 0.6) is 0 Å². The molecule has 0 unspecified atom stereocenters. The Kier molecular flexibility index (Phi) is 6.79. The van der Waals surface area contributed by atoms with Crippen LogP contribution in [0.15, 0.2) is 24.3 Å². The number of ether oxygens (including phenoxy) is 1. The normalized spacial score (nSPS) is 21.8. The third-order valence-electron chi connectivity index (χ3n) is 5.01. The number of amides is 1. The average Bonchev–Trinajstić information content (AvgIpc) is 2.61. The summed E-state index contributed by atoms with van der Waals surface area (Å²) >= 11 is 0. The number of likely N-dealkylation sites (tertiary alicyclic amines) is 1. The number of nitrogens with one attached hydrogen (secondary N) is 2. The summed E-state index contributed by atoms with van der Waals surface area (Å²) < 4.78 is 4.79. The number of piperidine rings is 1. The number of carbonyl (C=O) groups excluding carboxylic acids is 2. The fourth-order valence-corrected chi connectivity index (χ4v) is 3.17. The molecule has 5 heteroatoms. The van der Waals surface area contributed by atoms with Crippen molar-refractivity contribution in [2.75, 3.05) is 32.1 Å². The molecule has 1 aromatic carbocycles. The number of rotatable bonds is 6. The summed E-state index contributed by atoms with van der Waals surface area (Å²) in [6, 6.07) is 8.10. The van der Waals surface area contributed by atoms with E-state index in [9.17, 15) is 9.59 Å². The van der Waals surface area contributed by atoms with Gasteiger partial charge in [-0.3, -0.25) is 9.59 Å². The SMILES string of the molecule is CC[C@@H](C)c1ccc(NC(=O)C[NH+]2CCC(C(=O)OC)CC2)cc1. The molecule has 1 aliphatic rings. The van der Waals surface area contributed by atoms with E-state index in [1.54, 1.807) is 0 Å². The van der Waals surface area contributed by atoms with Gasteiger partial charge in [-0.15, -0.1) is 0 Å². The Bertz CT molecular complexity index is 548. The highest BCUT2D eigenvalue weighted by atomic mass is 16.5. The highest BCUT2D eigenvalue weighted by Crippen LogP contribution is 2.20. The molecule has 132 valence electrons. The van der Waals surface area contributed by atoms with Crippen molar-refractivity contribution in [1.29, 1.82) is 0 Å². The molecule has 1 amide bonds. The molecule has 2 rings (SSSR count). The van der Waals surface area contributed by atoms with Gasteiger partial charge in [0.2, 0.25) is 0 Å². The van der Waals surface area contributed by atoms with Crippen molar-refractivity contribution < 1.29 is 19.2 Å². The Morgan fingerprint density at radius 1 is 1.25 bits per heavy atom. The molecule has 0 spiro atoms. The van der Waals surface area contributed by atoms with Crippen LogP contribution in [0.4, 0.5) is 5.69 Å². The highest BCUT2D eigenvalue weighted by Gasteiger charge is 2.28. The Balaban J connectivity index is 1.78. The monoisotopic (exact) mass is 333 g/mol. The number of anilines is 1. The van der Waals surface area contributed by atoms with Gasteiger partial charge < -0.3 is 15.0 Å². The van der Waals surface area contributed by atoms with E-state index in [2.05, 4.69) is 31.3 Å². The van der Waals surface area contributed by atoms with E-state index in [1.165, 1.54) is 17.6 Å². The number of hydrogen-bond acceptors (Lipinski definition) is 3. The molecule has 0 radical (unpaired) electrons. The lowest BCUT2D eigenvalue weighted by Crippen LogP contribution is -3.14. The zero-order valence-electron chi connectivity index (χ0n) is 14.9. The number of carbonyl (C=O) groups is 2. The Hall–Kier alpha value is -1.88. The second kappa shape index (κ2) is 8.83. The van der Waals surface area contributed by atoms with E-state index in [0.717, 1.165) is 38.0 Å². The Labute approximate surface area is 144 Å². The zero-order chi connectivity index (χ0) is 17.5. The van der Waals surface area contributed by atoms with Crippen molar-refractivity contribution >= 4 is 17.6 Å². The number of esters is 1. The average molecular weight is 333 g/mol. The van der Waals surface area contributed by atoms with Gasteiger partial charge in [-0.25, -0.2) is 0 Å². The lowest BCUT2D eigenvalue weighted by Gasteiger charge is -2.27. The maximum absolute atomic E-state index is 12.2. The summed E-state index contributed by atoms with van der Waals surface area (Å²) in [5.41, 5.74) is 2.14. The van der Waals surface area contributed by atoms with Gasteiger partial charge in [-0.2, -0.15) is 0 Å². The van der Waals surface area contributed by atoms with Crippen molar-refractivity contribution in [3.8, 4) is 0 Å². The van der Waals surface area contributed by atoms with E-state index < -0.39 is 0 Å². The number of quaternary nitrogens is 1. The van der Waals surface area contributed by atoms with Gasteiger partial charge in [0.15, 0.2) is 6.54 Å². The topological polar surface area (TPSA) is 59.8 Å². The molecule has 1 heterocycles. The third-order valence-corrected chi connectivity index (χ3v) is 5.01. The predicted molar refractivity (Wildman–Crippen MR) is 94.1 cm³/mol. The zero-order valence-corrected chi connectivity index (χ0v) is 14.9. The summed E-state index contributed by atoms with van der Waals surface area (Å²) in [5.74, 6) is 0.433. The molecule has 5 nitrogen and oxygen atoms in total. The lowest BCUT2D eigenvalue weighted by molar-refractivity contribution is -0.897. The van der Waals surface area contributed by atoms with Crippen LogP contribution in [0.25, 0.3) is 0 Å². The Morgan fingerprint density at radius 2 is 1.88 bits per heavy atom. The second-order valence-corrected chi connectivity index (χ2v) is 6.70. The van der Waals surface area contributed by atoms with Crippen LogP contribution in [0.1, 0.15) is 44.6 Å². The molecule has 0 aliphatic carbocycles. The van der Waals surface area contributed by atoms with Crippen molar-refractivity contribution in [1.82, 2.24) is 0 Å². The number of benzene rings is 1. The van der Waals surface area contributed by atoms with Crippen LogP contribution in [-0.2, 0) is 14.3 Å². The van der Waals surface area contributed by atoms with Crippen LogP contribution in [0.3, 0.4) is 0 Å². The van der Waals surface area contributed by atoms with Crippen LogP contribution < -0.4 is 10.2 Å². The molecule has 1 aliphatic heterocycles. The summed E-state index contributed by atoms with van der Waals surface area (Å²) in [7, 11) is 1.43. The first-order chi connectivity index (χ1) is 11.5. The highest BCUT2D eigenvalue weighted by molar-refractivity contribution is 5.91. The third kappa shape index (κ3) is 5.06. The van der Waals surface area contributed by atoms with Crippen molar-refractivity contribution in [3.05, 3.63) is 29.8 Å². The molecule has 2 N–H and O–H groups in total. The van der Waals surface area contributed by atoms with Gasteiger partial charge in [0.25, 0.3) is 5.91 Å². The molecule has 0 saturated carbocycles. The van der Waals surface area contributed by atoms with Crippen LogP contribution >= 0.6 is 0 Å². The molecule has 1 fully saturated rings. The molecule has 1 saturated heterocycles. The second-order valence-electron chi connectivity index (χ2n) is 6.70. The molecule has 1 aromatic rings. The summed E-state index contributed by atoms with van der Waals surface area (Å²) in [6.07, 6.45) is 2.69. The lowest BCUT2D eigenvalue weighted by atomic mass is 9.97. The smallest absolute Gasteiger partial charge is 0.309 e. The van der Waals surface area contributed by atoms with Gasteiger partial charge in [0, 0.05) is 18.5 Å². The van der Waals surface area contributed by atoms with E-state index >= 15 is 0 Å². The first-order valence-corrected chi connectivity index (χ1v) is 8.84. The summed E-state index contributed by atoms with van der Waals surface area (Å²) in [4.78, 5) is 25.0. The first-order valence-electron chi connectivity index (χ1n) is 8.84. The summed E-state index contributed by atoms with van der Waals surface area (Å²) in [5, 5.41) is 2.97. The standard InChI is InChI=1S/C19H28N2O3/c1-4-14(2)15-5-7-17(8-6-15)20-18(22)13-21-11-9-16(10-12-21)19(23)24-3/h5-8,14,16H,4,9-13H2,1-3H3,(H,20,22)/p+1/t14-/m1/s1. The maximum atomic E-state index is 12.2. The minimum atomic E-state index is -0.125. The molecular formula is C19H29N2O3+. The van der Waals surface area contributed by atoms with Crippen LogP contribution in [-0.4, -0.2) is 38.6 Å². The molecule has 24 heavy (non-hydrogen) atoms. The van der Waals surface area contributed by atoms with Gasteiger partial charge in [-0.1, -0.05) is 26.0 Å². The van der Waals surface area contributed by atoms with Gasteiger partial charge in [-0.05, 0) is 30.0 Å². The van der Waals surface area contributed by atoms with Crippen molar-refractivity contribution in [2.24, 2.45) is 5.92 Å². The van der Waals surface area contributed by atoms with E-state index in [4.69, 9.17) is 4.74 Å². The fourth-order valence-electron chi connectivity index (χ4n) is 3.17. The van der Waals surface area contributed by atoms with Crippen molar-refractivity contribution in [3.63, 3.8) is 0 Å². The van der Waals surface area contributed by atoms with Crippen LogP contribution in [0, 0.1) is 5.92 Å². The predicted octanol–water partition coefficient (Wildman–Crippen LogP) is 1.61. The van der Waals surface area contributed by atoms with Gasteiger partial charge in [0.05, 0.1) is 26.1 Å². The molecule has 0 aromatic heterocycles. The van der Waals surface area contributed by atoms with Crippen LogP contribution in [0.2, 0.25) is 0 Å². The maximum Gasteiger partial charge on any atom is 0.309 e. The van der Waals surface area contributed by atoms with Crippen molar-refractivity contribution in [2.45, 2.75) is 39.0 Å². The van der Waals surface area contributed by atoms with E-state index in [-0.39, 0.29) is 17.8 Å². The molecule has 1 atom stereocenters. The first kappa shape index (κ1) is 18.5.